The number of pyridine rings is 1. The fraction of sp³-hybridized carbons (Fsp3) is 0.586. The van der Waals surface area contributed by atoms with Gasteiger partial charge in [0.15, 0.2) is 6.23 Å². The lowest BCUT2D eigenvalue weighted by Crippen LogP contribution is -2.46. The van der Waals surface area contributed by atoms with Crippen LogP contribution in [0.2, 0.25) is 0 Å². The van der Waals surface area contributed by atoms with Crippen molar-refractivity contribution in [3.8, 4) is 17.1 Å². The summed E-state index contributed by atoms with van der Waals surface area (Å²) < 4.78 is 21.9. The van der Waals surface area contributed by atoms with Gasteiger partial charge in [0.1, 0.15) is 11.7 Å². The van der Waals surface area contributed by atoms with Crippen LogP contribution < -0.4 is 4.74 Å². The van der Waals surface area contributed by atoms with E-state index >= 15 is 0 Å². The molecule has 1 amide bonds. The van der Waals surface area contributed by atoms with E-state index in [2.05, 4.69) is 11.7 Å². The molecule has 0 saturated carbocycles. The highest BCUT2D eigenvalue weighted by atomic mass is 16.6. The monoisotopic (exact) mass is 536 g/mol. The quantitative estimate of drug-likeness (QED) is 0.402. The van der Waals surface area contributed by atoms with E-state index in [9.17, 15) is 4.79 Å². The summed E-state index contributed by atoms with van der Waals surface area (Å²) in [5.74, 6) is 0.617. The van der Waals surface area contributed by atoms with E-state index in [1.165, 1.54) is 0 Å². The second-order valence-electron chi connectivity index (χ2n) is 11.5. The van der Waals surface area contributed by atoms with Gasteiger partial charge < -0.3 is 19.1 Å². The van der Waals surface area contributed by atoms with Gasteiger partial charge in [-0.1, -0.05) is 6.58 Å². The van der Waals surface area contributed by atoms with Gasteiger partial charge in [0.05, 0.1) is 40.4 Å². The maximum Gasteiger partial charge on any atom is 0.410 e. The minimum Gasteiger partial charge on any atom is -0.472 e. The van der Waals surface area contributed by atoms with Crippen molar-refractivity contribution in [1.82, 2.24) is 29.4 Å². The standard InChI is InChI=1S/C29H40N6O4/c1-8-21-20-16-22(30-17-24(20)35(32-21)25-13-9-10-15-37-25)26-18(2)31-33(7)27(26)38-19(3)23-12-11-14-34(23)28(36)39-29(4,5)6/h8,16-17,19,23,25H,1,9-15H2,2-7H3/t19?,23-,25?/m1/s1. The van der Waals surface area contributed by atoms with Crippen LogP contribution in [0.1, 0.15) is 77.4 Å². The highest BCUT2D eigenvalue weighted by Gasteiger charge is 2.37. The highest BCUT2D eigenvalue weighted by Crippen LogP contribution is 2.37. The number of carbonyl (C=O) groups excluding carboxylic acids is 1. The molecule has 0 aromatic carbocycles. The molecule has 10 nitrogen and oxygen atoms in total. The summed E-state index contributed by atoms with van der Waals surface area (Å²) in [6.07, 6.45) is 7.82. The molecule has 3 aromatic rings. The number of amides is 1. The predicted octanol–water partition coefficient (Wildman–Crippen LogP) is 5.65. The van der Waals surface area contributed by atoms with Crippen LogP contribution in [0.25, 0.3) is 28.2 Å². The lowest BCUT2D eigenvalue weighted by Gasteiger charge is -2.31. The van der Waals surface area contributed by atoms with Crippen LogP contribution in [0.5, 0.6) is 5.88 Å². The Labute approximate surface area is 229 Å². The summed E-state index contributed by atoms with van der Waals surface area (Å²) in [7, 11) is 1.87. The van der Waals surface area contributed by atoms with Crippen molar-refractivity contribution in [2.45, 2.75) is 90.7 Å². The number of aromatic nitrogens is 5. The van der Waals surface area contributed by atoms with Crippen molar-refractivity contribution >= 4 is 23.1 Å². The van der Waals surface area contributed by atoms with Crippen LogP contribution in [0, 0.1) is 6.92 Å². The molecule has 39 heavy (non-hydrogen) atoms. The molecule has 0 aliphatic carbocycles. The Balaban J connectivity index is 1.45. The average Bonchev–Trinajstić information content (AvgIpc) is 3.59. The lowest BCUT2D eigenvalue weighted by molar-refractivity contribution is -0.0367. The molecule has 2 unspecified atom stereocenters. The van der Waals surface area contributed by atoms with Gasteiger partial charge in [-0.25, -0.2) is 14.2 Å². The molecule has 0 radical (unpaired) electrons. The lowest BCUT2D eigenvalue weighted by atomic mass is 10.1. The number of carbonyl (C=O) groups is 1. The van der Waals surface area contributed by atoms with E-state index in [4.69, 9.17) is 24.3 Å². The molecule has 0 spiro atoms. The smallest absolute Gasteiger partial charge is 0.410 e. The molecular formula is C29H40N6O4. The first-order valence-electron chi connectivity index (χ1n) is 13.9. The molecule has 2 aliphatic heterocycles. The van der Waals surface area contributed by atoms with Gasteiger partial charge in [0.2, 0.25) is 5.88 Å². The van der Waals surface area contributed by atoms with E-state index in [0.717, 1.165) is 72.3 Å². The Morgan fingerprint density at radius 1 is 1.23 bits per heavy atom. The molecule has 3 atom stereocenters. The molecule has 2 saturated heterocycles. The van der Waals surface area contributed by atoms with Crippen LogP contribution in [0.3, 0.4) is 0 Å². The van der Waals surface area contributed by atoms with Crippen molar-refractivity contribution in [3.63, 3.8) is 0 Å². The van der Waals surface area contributed by atoms with Crippen LogP contribution in [-0.4, -0.2) is 66.4 Å². The van der Waals surface area contributed by atoms with Crippen LogP contribution in [0.4, 0.5) is 4.79 Å². The Kier molecular flexibility index (Phi) is 7.41. The van der Waals surface area contributed by atoms with Crippen molar-refractivity contribution in [2.24, 2.45) is 7.05 Å². The van der Waals surface area contributed by atoms with E-state index in [1.807, 2.05) is 58.6 Å². The molecule has 210 valence electrons. The summed E-state index contributed by atoms with van der Waals surface area (Å²) in [4.78, 5) is 19.5. The molecular weight excluding hydrogens is 496 g/mol. The number of rotatable bonds is 6. The third-order valence-corrected chi connectivity index (χ3v) is 7.44. The number of hydrogen-bond acceptors (Lipinski definition) is 7. The highest BCUT2D eigenvalue weighted by molar-refractivity contribution is 5.90. The average molecular weight is 537 g/mol. The molecule has 0 bridgehead atoms. The molecule has 3 aromatic heterocycles. The summed E-state index contributed by atoms with van der Waals surface area (Å²) >= 11 is 0. The summed E-state index contributed by atoms with van der Waals surface area (Å²) in [5.41, 5.74) is 3.54. The molecule has 2 fully saturated rings. The maximum atomic E-state index is 12.9. The van der Waals surface area contributed by atoms with E-state index in [-0.39, 0.29) is 24.5 Å². The van der Waals surface area contributed by atoms with E-state index in [1.54, 1.807) is 15.7 Å². The van der Waals surface area contributed by atoms with Gasteiger partial charge in [-0.05, 0) is 78.9 Å². The summed E-state index contributed by atoms with van der Waals surface area (Å²) in [6.45, 7) is 15.0. The van der Waals surface area contributed by atoms with E-state index < -0.39 is 5.60 Å². The van der Waals surface area contributed by atoms with Crippen molar-refractivity contribution in [2.75, 3.05) is 13.2 Å². The minimum absolute atomic E-state index is 0.0956. The molecule has 10 heteroatoms. The van der Waals surface area contributed by atoms with Crippen molar-refractivity contribution in [3.05, 3.63) is 30.2 Å². The number of hydrogen-bond donors (Lipinski definition) is 0. The van der Waals surface area contributed by atoms with Gasteiger partial charge in [0.25, 0.3) is 0 Å². The molecule has 5 rings (SSSR count). The zero-order chi connectivity index (χ0) is 27.9. The summed E-state index contributed by atoms with van der Waals surface area (Å²) in [5, 5.41) is 10.4. The normalized spacial score (nSPS) is 20.8. The van der Waals surface area contributed by atoms with Gasteiger partial charge in [0, 0.05) is 25.6 Å². The second kappa shape index (κ2) is 10.6. The Morgan fingerprint density at radius 3 is 2.72 bits per heavy atom. The SMILES string of the molecule is C=Cc1nn(C2CCCCO2)c2cnc(-c3c(C)nn(C)c3OC(C)[C@H]3CCCN3C(=O)OC(C)(C)C)cc12. The summed E-state index contributed by atoms with van der Waals surface area (Å²) in [6, 6.07) is 1.93. The van der Waals surface area contributed by atoms with Crippen LogP contribution in [-0.2, 0) is 16.5 Å². The predicted molar refractivity (Wildman–Crippen MR) is 149 cm³/mol. The zero-order valence-corrected chi connectivity index (χ0v) is 23.9. The Bertz CT molecular complexity index is 1360. The first-order chi connectivity index (χ1) is 18.6. The molecule has 5 heterocycles. The fourth-order valence-corrected chi connectivity index (χ4v) is 5.63. The third-order valence-electron chi connectivity index (χ3n) is 7.44. The number of nitrogens with zero attached hydrogens (tertiary/aromatic N) is 6. The van der Waals surface area contributed by atoms with Gasteiger partial charge in [-0.3, -0.25) is 4.98 Å². The second-order valence-corrected chi connectivity index (χ2v) is 11.5. The van der Waals surface area contributed by atoms with Crippen LogP contribution in [0.15, 0.2) is 18.8 Å². The minimum atomic E-state index is -0.549. The Hall–Kier alpha value is -3.40. The van der Waals surface area contributed by atoms with Crippen molar-refractivity contribution in [1.29, 1.82) is 0 Å². The van der Waals surface area contributed by atoms with E-state index in [0.29, 0.717) is 12.4 Å². The first kappa shape index (κ1) is 27.2. The first-order valence-corrected chi connectivity index (χ1v) is 13.9. The maximum absolute atomic E-state index is 12.9. The Morgan fingerprint density at radius 2 is 2.03 bits per heavy atom. The topological polar surface area (TPSA) is 96.5 Å². The van der Waals surface area contributed by atoms with Gasteiger partial charge in [-0.15, -0.1) is 0 Å². The molecule has 2 aliphatic rings. The number of ether oxygens (including phenoxy) is 3. The molecule has 0 N–H and O–H groups in total. The fourth-order valence-electron chi connectivity index (χ4n) is 5.63. The largest absolute Gasteiger partial charge is 0.472 e. The number of aryl methyl sites for hydroxylation is 2. The third kappa shape index (κ3) is 5.39. The zero-order valence-electron chi connectivity index (χ0n) is 23.9. The van der Waals surface area contributed by atoms with Crippen LogP contribution >= 0.6 is 0 Å². The number of likely N-dealkylation sites (tertiary alicyclic amines) is 1. The van der Waals surface area contributed by atoms with Gasteiger partial charge >= 0.3 is 6.09 Å². The van der Waals surface area contributed by atoms with Crippen molar-refractivity contribution < 1.29 is 19.0 Å². The number of fused-ring (bicyclic) bond motifs is 1. The van der Waals surface area contributed by atoms with Gasteiger partial charge in [-0.2, -0.15) is 10.2 Å².